The molecule has 4 heteroatoms. The Morgan fingerprint density at radius 1 is 1.04 bits per heavy atom. The van der Waals surface area contributed by atoms with Crippen molar-refractivity contribution < 1.29 is 9.53 Å². The summed E-state index contributed by atoms with van der Waals surface area (Å²) in [4.78, 5) is 16.7. The molecule has 0 fully saturated rings. The average molecular weight is 318 g/mol. The van der Waals surface area contributed by atoms with Gasteiger partial charge in [0.25, 0.3) is 5.91 Å². The van der Waals surface area contributed by atoms with Crippen LogP contribution in [0.3, 0.4) is 0 Å². The molecule has 120 valence electrons. The van der Waals surface area contributed by atoms with Crippen LogP contribution in [0.2, 0.25) is 0 Å². The molecular formula is C20H18N2O2. The Balaban J connectivity index is 1.84. The van der Waals surface area contributed by atoms with Crippen LogP contribution in [0.1, 0.15) is 21.5 Å². The number of nitrogens with zero attached hydrogens (tertiary/aromatic N) is 1. The molecule has 3 aromatic rings. The minimum absolute atomic E-state index is 0.189. The molecule has 0 saturated carbocycles. The molecule has 0 aliphatic heterocycles. The Morgan fingerprint density at radius 2 is 1.71 bits per heavy atom. The zero-order valence-electron chi connectivity index (χ0n) is 13.4. The summed E-state index contributed by atoms with van der Waals surface area (Å²) < 4.78 is 5.33. The summed E-state index contributed by atoms with van der Waals surface area (Å²) in [5.41, 5.74) is 3.27. The molecule has 0 saturated heterocycles. The van der Waals surface area contributed by atoms with Crippen molar-refractivity contribution in [3.63, 3.8) is 0 Å². The van der Waals surface area contributed by atoms with Gasteiger partial charge in [-0.25, -0.2) is 4.98 Å². The topological polar surface area (TPSA) is 51.2 Å². The SMILES string of the molecule is COc1ncc(C(=O)Nc2ccccc2)cc1Cc1ccccc1. The van der Waals surface area contributed by atoms with Gasteiger partial charge in [0, 0.05) is 23.9 Å². The Hall–Kier alpha value is -3.14. The summed E-state index contributed by atoms with van der Waals surface area (Å²) >= 11 is 0. The third kappa shape index (κ3) is 3.79. The first-order valence-corrected chi connectivity index (χ1v) is 7.69. The average Bonchev–Trinajstić information content (AvgIpc) is 2.63. The lowest BCUT2D eigenvalue weighted by molar-refractivity contribution is 0.102. The summed E-state index contributed by atoms with van der Waals surface area (Å²) in [5, 5.41) is 2.87. The van der Waals surface area contributed by atoms with Crippen molar-refractivity contribution in [1.29, 1.82) is 0 Å². The highest BCUT2D eigenvalue weighted by Gasteiger charge is 2.12. The highest BCUT2D eigenvalue weighted by molar-refractivity contribution is 6.04. The predicted octanol–water partition coefficient (Wildman–Crippen LogP) is 3.93. The van der Waals surface area contributed by atoms with Crippen molar-refractivity contribution in [2.75, 3.05) is 12.4 Å². The molecule has 0 unspecified atom stereocenters. The summed E-state index contributed by atoms with van der Waals surface area (Å²) in [6.45, 7) is 0. The molecule has 1 N–H and O–H groups in total. The molecule has 24 heavy (non-hydrogen) atoms. The number of aromatic nitrogens is 1. The van der Waals surface area contributed by atoms with E-state index in [0.29, 0.717) is 17.9 Å². The highest BCUT2D eigenvalue weighted by Crippen LogP contribution is 2.21. The monoisotopic (exact) mass is 318 g/mol. The highest BCUT2D eigenvalue weighted by atomic mass is 16.5. The third-order valence-electron chi connectivity index (χ3n) is 3.65. The van der Waals surface area contributed by atoms with Crippen LogP contribution in [0.25, 0.3) is 0 Å². The summed E-state index contributed by atoms with van der Waals surface area (Å²) in [7, 11) is 1.58. The van der Waals surface area contributed by atoms with Crippen molar-refractivity contribution in [1.82, 2.24) is 4.98 Å². The molecule has 0 atom stereocenters. The molecule has 0 bridgehead atoms. The van der Waals surface area contributed by atoms with E-state index < -0.39 is 0 Å². The van der Waals surface area contributed by atoms with Gasteiger partial charge in [0.05, 0.1) is 12.7 Å². The molecule has 1 heterocycles. The van der Waals surface area contributed by atoms with Crippen molar-refractivity contribution in [2.45, 2.75) is 6.42 Å². The second-order valence-electron chi connectivity index (χ2n) is 5.37. The minimum Gasteiger partial charge on any atom is -0.481 e. The number of para-hydroxylation sites is 1. The van der Waals surface area contributed by atoms with Gasteiger partial charge in [-0.15, -0.1) is 0 Å². The number of benzene rings is 2. The molecule has 0 radical (unpaired) electrons. The van der Waals surface area contributed by atoms with Crippen LogP contribution < -0.4 is 10.1 Å². The lowest BCUT2D eigenvalue weighted by Gasteiger charge is -2.10. The largest absolute Gasteiger partial charge is 0.481 e. The fourth-order valence-corrected chi connectivity index (χ4v) is 2.47. The lowest BCUT2D eigenvalue weighted by atomic mass is 10.0. The first-order valence-electron chi connectivity index (χ1n) is 7.69. The van der Waals surface area contributed by atoms with E-state index >= 15 is 0 Å². The molecule has 1 aromatic heterocycles. The van der Waals surface area contributed by atoms with Crippen LogP contribution >= 0.6 is 0 Å². The van der Waals surface area contributed by atoms with E-state index in [1.807, 2.05) is 66.7 Å². The number of carbonyl (C=O) groups excluding carboxylic acids is 1. The Bertz CT molecular complexity index is 818. The Morgan fingerprint density at radius 3 is 2.38 bits per heavy atom. The fourth-order valence-electron chi connectivity index (χ4n) is 2.47. The molecule has 2 aromatic carbocycles. The normalized spacial score (nSPS) is 10.2. The van der Waals surface area contributed by atoms with Gasteiger partial charge in [-0.2, -0.15) is 0 Å². The number of anilines is 1. The second-order valence-corrected chi connectivity index (χ2v) is 5.37. The second kappa shape index (κ2) is 7.42. The number of hydrogen-bond acceptors (Lipinski definition) is 3. The van der Waals surface area contributed by atoms with Gasteiger partial charge >= 0.3 is 0 Å². The number of methoxy groups -OCH3 is 1. The number of nitrogens with one attached hydrogen (secondary N) is 1. The molecular weight excluding hydrogens is 300 g/mol. The van der Waals surface area contributed by atoms with Crippen molar-refractivity contribution in [2.24, 2.45) is 0 Å². The van der Waals surface area contributed by atoms with E-state index in [2.05, 4.69) is 10.3 Å². The van der Waals surface area contributed by atoms with E-state index in [0.717, 1.165) is 16.8 Å². The lowest BCUT2D eigenvalue weighted by Crippen LogP contribution is -2.13. The zero-order valence-corrected chi connectivity index (χ0v) is 13.4. The predicted molar refractivity (Wildman–Crippen MR) is 94.4 cm³/mol. The maximum atomic E-state index is 12.4. The van der Waals surface area contributed by atoms with Crippen molar-refractivity contribution in [3.8, 4) is 5.88 Å². The van der Waals surface area contributed by atoms with Gasteiger partial charge < -0.3 is 10.1 Å². The van der Waals surface area contributed by atoms with E-state index in [4.69, 9.17) is 4.74 Å². The standard InChI is InChI=1S/C20H18N2O2/c1-24-20-16(12-15-8-4-2-5-9-15)13-17(14-21-20)19(23)22-18-10-6-3-7-11-18/h2-11,13-14H,12H2,1H3,(H,22,23). The number of pyridine rings is 1. The van der Waals surface area contributed by atoms with Crippen LogP contribution in [0, 0.1) is 0 Å². The van der Waals surface area contributed by atoms with Gasteiger partial charge in [0.15, 0.2) is 0 Å². The van der Waals surface area contributed by atoms with Gasteiger partial charge in [0.1, 0.15) is 0 Å². The number of amides is 1. The fraction of sp³-hybridized carbons (Fsp3) is 0.100. The minimum atomic E-state index is -0.189. The van der Waals surface area contributed by atoms with Crippen LogP contribution in [0.15, 0.2) is 72.9 Å². The molecule has 0 spiro atoms. The zero-order chi connectivity index (χ0) is 16.8. The van der Waals surface area contributed by atoms with Gasteiger partial charge in [-0.3, -0.25) is 4.79 Å². The van der Waals surface area contributed by atoms with Gasteiger partial charge in [-0.05, 0) is 23.8 Å². The van der Waals surface area contributed by atoms with E-state index in [1.54, 1.807) is 7.11 Å². The quantitative estimate of drug-likeness (QED) is 0.775. The van der Waals surface area contributed by atoms with Crippen LogP contribution in [-0.2, 0) is 6.42 Å². The van der Waals surface area contributed by atoms with Crippen LogP contribution in [0.4, 0.5) is 5.69 Å². The van der Waals surface area contributed by atoms with E-state index in [9.17, 15) is 4.79 Å². The van der Waals surface area contributed by atoms with E-state index in [-0.39, 0.29) is 5.91 Å². The van der Waals surface area contributed by atoms with Crippen LogP contribution in [0.5, 0.6) is 5.88 Å². The number of hydrogen-bond donors (Lipinski definition) is 1. The molecule has 1 amide bonds. The van der Waals surface area contributed by atoms with E-state index in [1.165, 1.54) is 6.20 Å². The maximum Gasteiger partial charge on any atom is 0.257 e. The number of carbonyl (C=O) groups is 1. The third-order valence-corrected chi connectivity index (χ3v) is 3.65. The smallest absolute Gasteiger partial charge is 0.257 e. The Kier molecular flexibility index (Phi) is 4.87. The van der Waals surface area contributed by atoms with Crippen molar-refractivity contribution in [3.05, 3.63) is 89.6 Å². The molecule has 3 rings (SSSR count). The first kappa shape index (κ1) is 15.7. The number of ether oxygens (including phenoxy) is 1. The Labute approximate surface area is 141 Å². The maximum absolute atomic E-state index is 12.4. The summed E-state index contributed by atoms with van der Waals surface area (Å²) in [5.74, 6) is 0.348. The van der Waals surface area contributed by atoms with Gasteiger partial charge in [0.2, 0.25) is 5.88 Å². The molecule has 4 nitrogen and oxygen atoms in total. The number of rotatable bonds is 5. The molecule has 0 aliphatic carbocycles. The molecule has 0 aliphatic rings. The van der Waals surface area contributed by atoms with Crippen LogP contribution in [-0.4, -0.2) is 18.0 Å². The summed E-state index contributed by atoms with van der Waals surface area (Å²) in [6.07, 6.45) is 2.19. The van der Waals surface area contributed by atoms with Crippen molar-refractivity contribution >= 4 is 11.6 Å². The summed E-state index contributed by atoms with van der Waals surface area (Å²) in [6, 6.07) is 21.2. The first-order chi connectivity index (χ1) is 11.8. The van der Waals surface area contributed by atoms with Gasteiger partial charge in [-0.1, -0.05) is 48.5 Å².